The average molecular weight is 402 g/mol. The molecule has 1 amide bonds. The SMILES string of the molecule is CCC(C)(O)CNC(=O)c1cc(Cl)cc(Cl)c1I. The van der Waals surface area contributed by atoms with Crippen molar-refractivity contribution in [1.82, 2.24) is 5.32 Å². The number of carbonyl (C=O) groups is 1. The van der Waals surface area contributed by atoms with Crippen LogP contribution in [-0.4, -0.2) is 23.2 Å². The Balaban J connectivity index is 2.85. The van der Waals surface area contributed by atoms with E-state index in [0.717, 1.165) is 0 Å². The summed E-state index contributed by atoms with van der Waals surface area (Å²) < 4.78 is 0.646. The fourth-order valence-corrected chi connectivity index (χ4v) is 2.26. The topological polar surface area (TPSA) is 49.3 Å². The third-order valence-corrected chi connectivity index (χ3v) is 4.63. The molecule has 3 nitrogen and oxygen atoms in total. The van der Waals surface area contributed by atoms with Gasteiger partial charge in [-0.25, -0.2) is 0 Å². The molecule has 18 heavy (non-hydrogen) atoms. The Morgan fingerprint density at radius 1 is 1.50 bits per heavy atom. The summed E-state index contributed by atoms with van der Waals surface area (Å²) in [5.41, 5.74) is -0.497. The molecule has 0 saturated carbocycles. The number of halogens is 3. The molecule has 0 fully saturated rings. The quantitative estimate of drug-likeness (QED) is 0.599. The Morgan fingerprint density at radius 2 is 2.11 bits per heavy atom. The molecular weight excluding hydrogens is 388 g/mol. The molecule has 1 unspecified atom stereocenters. The Kier molecular flexibility index (Phi) is 5.70. The number of nitrogens with one attached hydrogen (secondary N) is 1. The fraction of sp³-hybridized carbons (Fsp3) is 0.417. The molecule has 0 bridgehead atoms. The van der Waals surface area contributed by atoms with Gasteiger partial charge in [0.05, 0.1) is 16.2 Å². The molecule has 100 valence electrons. The normalized spacial score (nSPS) is 14.1. The highest BCUT2D eigenvalue weighted by atomic mass is 127. The zero-order valence-corrected chi connectivity index (χ0v) is 13.7. The first-order chi connectivity index (χ1) is 8.26. The van der Waals surface area contributed by atoms with Gasteiger partial charge in [0.2, 0.25) is 0 Å². The first-order valence-corrected chi connectivity index (χ1v) is 7.25. The lowest BCUT2D eigenvalue weighted by molar-refractivity contribution is 0.0518. The van der Waals surface area contributed by atoms with E-state index < -0.39 is 5.60 Å². The highest BCUT2D eigenvalue weighted by Crippen LogP contribution is 2.26. The highest BCUT2D eigenvalue weighted by molar-refractivity contribution is 14.1. The van der Waals surface area contributed by atoms with E-state index in [-0.39, 0.29) is 12.5 Å². The lowest BCUT2D eigenvalue weighted by Gasteiger charge is -2.21. The minimum Gasteiger partial charge on any atom is -0.388 e. The van der Waals surface area contributed by atoms with Crippen molar-refractivity contribution in [1.29, 1.82) is 0 Å². The van der Waals surface area contributed by atoms with E-state index in [1.807, 2.05) is 29.5 Å². The Labute approximate surface area is 130 Å². The summed E-state index contributed by atoms with van der Waals surface area (Å²) in [4.78, 5) is 12.0. The van der Waals surface area contributed by atoms with E-state index in [0.29, 0.717) is 25.6 Å². The third kappa shape index (κ3) is 4.26. The van der Waals surface area contributed by atoms with Crippen molar-refractivity contribution >= 4 is 51.7 Å². The number of rotatable bonds is 4. The predicted molar refractivity (Wildman–Crippen MR) is 82.4 cm³/mol. The van der Waals surface area contributed by atoms with Crippen molar-refractivity contribution in [3.63, 3.8) is 0 Å². The van der Waals surface area contributed by atoms with Gasteiger partial charge in [0, 0.05) is 15.1 Å². The minimum absolute atomic E-state index is 0.183. The first kappa shape index (κ1) is 16.0. The van der Waals surface area contributed by atoms with Crippen LogP contribution in [0.3, 0.4) is 0 Å². The maximum absolute atomic E-state index is 12.0. The van der Waals surface area contributed by atoms with Crippen LogP contribution in [-0.2, 0) is 0 Å². The largest absolute Gasteiger partial charge is 0.388 e. The van der Waals surface area contributed by atoms with Crippen molar-refractivity contribution in [3.05, 3.63) is 31.3 Å². The molecule has 2 N–H and O–H groups in total. The van der Waals surface area contributed by atoms with Crippen molar-refractivity contribution in [2.24, 2.45) is 0 Å². The fourth-order valence-electron chi connectivity index (χ4n) is 1.21. The molecule has 1 aromatic rings. The Bertz CT molecular complexity index is 464. The molecule has 0 saturated heterocycles. The van der Waals surface area contributed by atoms with Crippen LogP contribution in [0, 0.1) is 3.57 Å². The summed E-state index contributed by atoms with van der Waals surface area (Å²) >= 11 is 13.8. The lowest BCUT2D eigenvalue weighted by Crippen LogP contribution is -2.40. The lowest BCUT2D eigenvalue weighted by atomic mass is 10.0. The summed E-state index contributed by atoms with van der Waals surface area (Å²) in [5.74, 6) is -0.294. The predicted octanol–water partition coefficient (Wildman–Crippen LogP) is 3.49. The average Bonchev–Trinajstić information content (AvgIpc) is 2.31. The maximum Gasteiger partial charge on any atom is 0.252 e. The molecule has 0 spiro atoms. The molecule has 1 rings (SSSR count). The van der Waals surface area contributed by atoms with Gasteiger partial charge in [-0.1, -0.05) is 30.1 Å². The van der Waals surface area contributed by atoms with Crippen LogP contribution in [0.25, 0.3) is 0 Å². The second kappa shape index (κ2) is 6.41. The van der Waals surface area contributed by atoms with E-state index in [4.69, 9.17) is 23.2 Å². The maximum atomic E-state index is 12.0. The van der Waals surface area contributed by atoms with E-state index >= 15 is 0 Å². The van der Waals surface area contributed by atoms with Crippen LogP contribution < -0.4 is 5.32 Å². The second-order valence-corrected chi connectivity index (χ2v) is 6.20. The number of hydrogen-bond acceptors (Lipinski definition) is 2. The molecule has 1 aromatic carbocycles. The second-order valence-electron chi connectivity index (χ2n) is 4.28. The number of aliphatic hydroxyl groups is 1. The molecule has 0 aliphatic heterocycles. The third-order valence-electron chi connectivity index (χ3n) is 2.63. The zero-order chi connectivity index (χ0) is 13.9. The van der Waals surface area contributed by atoms with Gasteiger partial charge in [-0.05, 0) is 48.1 Å². The van der Waals surface area contributed by atoms with Crippen LogP contribution in [0.4, 0.5) is 0 Å². The van der Waals surface area contributed by atoms with E-state index in [1.165, 1.54) is 0 Å². The van der Waals surface area contributed by atoms with E-state index in [9.17, 15) is 9.90 Å². The summed E-state index contributed by atoms with van der Waals surface area (Å²) in [7, 11) is 0. The van der Waals surface area contributed by atoms with Gasteiger partial charge in [0.25, 0.3) is 5.91 Å². The summed E-state index contributed by atoms with van der Waals surface area (Å²) in [6.07, 6.45) is 0.556. The smallest absolute Gasteiger partial charge is 0.252 e. The van der Waals surface area contributed by atoms with Crippen LogP contribution in [0.15, 0.2) is 12.1 Å². The molecular formula is C12H14Cl2INO2. The molecule has 6 heteroatoms. The van der Waals surface area contributed by atoms with Gasteiger partial charge in [-0.15, -0.1) is 0 Å². The Morgan fingerprint density at radius 3 is 2.67 bits per heavy atom. The van der Waals surface area contributed by atoms with Crippen LogP contribution in [0.2, 0.25) is 10.0 Å². The van der Waals surface area contributed by atoms with Gasteiger partial charge < -0.3 is 10.4 Å². The number of carbonyl (C=O) groups excluding carboxylic acids is 1. The standard InChI is InChI=1S/C12H14Cl2INO2/c1-3-12(2,18)6-16-11(17)8-4-7(13)5-9(14)10(8)15/h4-5,18H,3,6H2,1-2H3,(H,16,17). The first-order valence-electron chi connectivity index (χ1n) is 5.42. The zero-order valence-electron chi connectivity index (χ0n) is 10.1. The Hall–Kier alpha value is -0.0400. The molecule has 0 radical (unpaired) electrons. The minimum atomic E-state index is -0.913. The monoisotopic (exact) mass is 401 g/mol. The van der Waals surface area contributed by atoms with E-state index in [2.05, 4.69) is 5.32 Å². The summed E-state index contributed by atoms with van der Waals surface area (Å²) in [6, 6.07) is 3.15. The number of hydrogen-bond donors (Lipinski definition) is 2. The summed E-state index contributed by atoms with van der Waals surface area (Å²) in [6.45, 7) is 3.71. The number of benzene rings is 1. The van der Waals surface area contributed by atoms with Gasteiger partial charge in [0.1, 0.15) is 0 Å². The molecule has 1 atom stereocenters. The van der Waals surface area contributed by atoms with Gasteiger partial charge >= 0.3 is 0 Å². The van der Waals surface area contributed by atoms with Gasteiger partial charge in [0.15, 0.2) is 0 Å². The van der Waals surface area contributed by atoms with Crippen molar-refractivity contribution in [2.45, 2.75) is 25.9 Å². The van der Waals surface area contributed by atoms with Gasteiger partial charge in [-0.2, -0.15) is 0 Å². The molecule has 0 heterocycles. The molecule has 0 aromatic heterocycles. The van der Waals surface area contributed by atoms with Crippen molar-refractivity contribution < 1.29 is 9.90 Å². The highest BCUT2D eigenvalue weighted by Gasteiger charge is 2.20. The van der Waals surface area contributed by atoms with Crippen LogP contribution in [0.1, 0.15) is 30.6 Å². The van der Waals surface area contributed by atoms with Gasteiger partial charge in [-0.3, -0.25) is 4.79 Å². The summed E-state index contributed by atoms with van der Waals surface area (Å²) in [5, 5.41) is 13.4. The van der Waals surface area contributed by atoms with Crippen LogP contribution in [0.5, 0.6) is 0 Å². The van der Waals surface area contributed by atoms with Crippen LogP contribution >= 0.6 is 45.8 Å². The van der Waals surface area contributed by atoms with Crippen molar-refractivity contribution in [3.8, 4) is 0 Å². The van der Waals surface area contributed by atoms with E-state index in [1.54, 1.807) is 19.1 Å². The van der Waals surface area contributed by atoms with Crippen molar-refractivity contribution in [2.75, 3.05) is 6.54 Å². The molecule has 0 aliphatic rings. The molecule has 0 aliphatic carbocycles. The number of amides is 1.